The van der Waals surface area contributed by atoms with Gasteiger partial charge in [0.05, 0.1) is 11.1 Å². The summed E-state index contributed by atoms with van der Waals surface area (Å²) in [5.41, 5.74) is -0.0553. The summed E-state index contributed by atoms with van der Waals surface area (Å²) in [7, 11) is 0. The van der Waals surface area contributed by atoms with Crippen molar-refractivity contribution >= 4 is 16.6 Å². The number of aromatic amines is 1. The average molecular weight is 282 g/mol. The fraction of sp³-hybridized carbons (Fsp3) is 0.357. The Hall–Kier alpha value is -1.98. The molecule has 20 heavy (non-hydrogen) atoms. The van der Waals surface area contributed by atoms with E-state index in [-0.39, 0.29) is 16.3 Å². The van der Waals surface area contributed by atoms with Crippen molar-refractivity contribution in [3.63, 3.8) is 0 Å². The molecule has 0 radical (unpaired) electrons. The van der Waals surface area contributed by atoms with Gasteiger partial charge in [-0.15, -0.1) is 0 Å². The van der Waals surface area contributed by atoms with E-state index in [4.69, 9.17) is 0 Å². The molecule has 2 N–H and O–H groups in total. The van der Waals surface area contributed by atoms with Crippen molar-refractivity contribution in [3.05, 3.63) is 39.7 Å². The van der Waals surface area contributed by atoms with Crippen molar-refractivity contribution in [2.45, 2.75) is 25.4 Å². The fourth-order valence-corrected chi connectivity index (χ4v) is 2.66. The molecule has 0 amide bonds. The van der Waals surface area contributed by atoms with Crippen molar-refractivity contribution in [1.29, 1.82) is 0 Å². The quantitative estimate of drug-likeness (QED) is 0.779. The zero-order valence-electron chi connectivity index (χ0n) is 11.0. The minimum Gasteiger partial charge on any atom is -0.384 e. The van der Waals surface area contributed by atoms with E-state index in [1.54, 1.807) is 6.07 Å². The predicted octanol–water partition coefficient (Wildman–Crippen LogP) is 3.25. The van der Waals surface area contributed by atoms with E-state index in [1.807, 2.05) is 13.8 Å². The van der Waals surface area contributed by atoms with Crippen molar-refractivity contribution in [3.8, 4) is 0 Å². The lowest BCUT2D eigenvalue weighted by atomic mass is 9.86. The summed E-state index contributed by atoms with van der Waals surface area (Å²) in [6.07, 6.45) is -4.54. The molecule has 1 aliphatic heterocycles. The van der Waals surface area contributed by atoms with E-state index in [9.17, 15) is 18.0 Å². The molecule has 0 saturated carbocycles. The van der Waals surface area contributed by atoms with Crippen LogP contribution in [-0.2, 0) is 11.6 Å². The first kappa shape index (κ1) is 13.0. The number of aromatic nitrogens is 1. The van der Waals surface area contributed by atoms with Gasteiger partial charge < -0.3 is 10.3 Å². The number of pyridine rings is 1. The Kier molecular flexibility index (Phi) is 2.46. The highest BCUT2D eigenvalue weighted by Gasteiger charge is 2.35. The molecule has 1 aliphatic rings. The maximum atomic E-state index is 13.1. The first-order chi connectivity index (χ1) is 9.18. The van der Waals surface area contributed by atoms with Crippen LogP contribution in [0.2, 0.25) is 0 Å². The van der Waals surface area contributed by atoms with Crippen molar-refractivity contribution in [2.24, 2.45) is 0 Å². The van der Waals surface area contributed by atoms with Crippen LogP contribution in [0.5, 0.6) is 0 Å². The monoisotopic (exact) mass is 282 g/mol. The van der Waals surface area contributed by atoms with Gasteiger partial charge in [0.1, 0.15) is 0 Å². The van der Waals surface area contributed by atoms with Crippen LogP contribution in [0, 0.1) is 0 Å². The van der Waals surface area contributed by atoms with E-state index in [2.05, 4.69) is 10.3 Å². The summed E-state index contributed by atoms with van der Waals surface area (Å²) in [5, 5.41) is 3.19. The third-order valence-corrected chi connectivity index (χ3v) is 3.74. The van der Waals surface area contributed by atoms with E-state index < -0.39 is 17.3 Å². The van der Waals surface area contributed by atoms with Crippen molar-refractivity contribution in [1.82, 2.24) is 4.98 Å². The summed E-state index contributed by atoms with van der Waals surface area (Å²) in [6.45, 7) is 4.59. The maximum Gasteiger partial charge on any atom is 0.417 e. The number of hydrogen-bond acceptors (Lipinski definition) is 2. The van der Waals surface area contributed by atoms with E-state index in [0.717, 1.165) is 11.3 Å². The number of benzene rings is 1. The highest BCUT2D eigenvalue weighted by atomic mass is 19.4. The highest BCUT2D eigenvalue weighted by Crippen LogP contribution is 2.41. The van der Waals surface area contributed by atoms with E-state index >= 15 is 0 Å². The van der Waals surface area contributed by atoms with Gasteiger partial charge in [-0.3, -0.25) is 4.79 Å². The van der Waals surface area contributed by atoms with Crippen molar-refractivity contribution in [2.75, 3.05) is 11.9 Å². The molecule has 0 aliphatic carbocycles. The van der Waals surface area contributed by atoms with Crippen LogP contribution >= 0.6 is 0 Å². The second kappa shape index (κ2) is 3.77. The molecule has 2 heterocycles. The van der Waals surface area contributed by atoms with Gasteiger partial charge >= 0.3 is 6.18 Å². The normalized spacial score (nSPS) is 17.1. The number of fused-ring (bicyclic) bond motifs is 2. The summed E-state index contributed by atoms with van der Waals surface area (Å²) in [5.74, 6) is 0. The van der Waals surface area contributed by atoms with Gasteiger partial charge in [-0.1, -0.05) is 13.8 Å². The smallest absolute Gasteiger partial charge is 0.384 e. The van der Waals surface area contributed by atoms with Crippen molar-refractivity contribution < 1.29 is 13.2 Å². The zero-order chi connectivity index (χ0) is 14.7. The van der Waals surface area contributed by atoms with Crippen LogP contribution in [0.4, 0.5) is 18.9 Å². The Balaban J connectivity index is 2.40. The van der Waals surface area contributed by atoms with Crippen LogP contribution in [-0.4, -0.2) is 11.5 Å². The molecular weight excluding hydrogens is 269 g/mol. The van der Waals surface area contributed by atoms with Crippen LogP contribution in [0.25, 0.3) is 10.9 Å². The van der Waals surface area contributed by atoms with Crippen LogP contribution in [0.1, 0.15) is 25.0 Å². The fourth-order valence-electron chi connectivity index (χ4n) is 2.66. The molecule has 0 bridgehead atoms. The molecule has 0 atom stereocenters. The third-order valence-electron chi connectivity index (χ3n) is 3.74. The number of rotatable bonds is 0. The minimum absolute atomic E-state index is 0.0348. The summed E-state index contributed by atoms with van der Waals surface area (Å²) in [4.78, 5) is 13.9. The number of hydrogen-bond donors (Lipinski definition) is 2. The standard InChI is InChI=1S/C14H13F3N2O/c1-13(2)6-18-11-5-10-7(3-9(11)13)8(14(15,16)17)4-12(20)19-10/h3-5,18H,6H2,1-2H3,(H,19,20). The molecular formula is C14H13F3N2O. The lowest BCUT2D eigenvalue weighted by molar-refractivity contribution is -0.136. The Morgan fingerprint density at radius 1 is 1.20 bits per heavy atom. The number of halogens is 3. The topological polar surface area (TPSA) is 44.9 Å². The number of H-pyrrole nitrogens is 1. The molecule has 0 saturated heterocycles. The SMILES string of the molecule is CC1(C)CNc2cc3[nH]c(=O)cc(C(F)(F)F)c3cc21. The minimum atomic E-state index is -4.54. The van der Waals surface area contributed by atoms with E-state index in [1.165, 1.54) is 6.07 Å². The third kappa shape index (κ3) is 1.87. The van der Waals surface area contributed by atoms with Gasteiger partial charge in [0.25, 0.3) is 0 Å². The lowest BCUT2D eigenvalue weighted by Gasteiger charge is -2.18. The first-order valence-electron chi connectivity index (χ1n) is 6.21. The zero-order valence-corrected chi connectivity index (χ0v) is 11.0. The number of anilines is 1. The summed E-state index contributed by atoms with van der Waals surface area (Å²) in [6, 6.07) is 3.73. The second-order valence-electron chi connectivity index (χ2n) is 5.73. The number of nitrogens with one attached hydrogen (secondary N) is 2. The van der Waals surface area contributed by atoms with Gasteiger partial charge in [0, 0.05) is 29.1 Å². The Bertz CT molecular complexity index is 759. The van der Waals surface area contributed by atoms with Gasteiger partial charge in [-0.25, -0.2) is 0 Å². The number of alkyl halides is 3. The molecule has 3 nitrogen and oxygen atoms in total. The molecule has 1 aromatic heterocycles. The average Bonchev–Trinajstić information content (AvgIpc) is 2.60. The largest absolute Gasteiger partial charge is 0.417 e. The molecule has 106 valence electrons. The molecule has 3 rings (SSSR count). The molecule has 0 fully saturated rings. The Labute approximate surface area is 112 Å². The van der Waals surface area contributed by atoms with Gasteiger partial charge in [-0.05, 0) is 17.7 Å². The highest BCUT2D eigenvalue weighted by molar-refractivity contribution is 5.88. The molecule has 2 aromatic rings. The first-order valence-corrected chi connectivity index (χ1v) is 6.21. The maximum absolute atomic E-state index is 13.1. The summed E-state index contributed by atoms with van der Waals surface area (Å²) < 4.78 is 39.2. The van der Waals surface area contributed by atoms with Crippen LogP contribution in [0.15, 0.2) is 23.0 Å². The van der Waals surface area contributed by atoms with Crippen LogP contribution in [0.3, 0.4) is 0 Å². The molecule has 0 spiro atoms. The van der Waals surface area contributed by atoms with Gasteiger partial charge in [0.15, 0.2) is 0 Å². The van der Waals surface area contributed by atoms with Gasteiger partial charge in [-0.2, -0.15) is 13.2 Å². The molecule has 0 unspecified atom stereocenters. The van der Waals surface area contributed by atoms with Crippen LogP contribution < -0.4 is 10.9 Å². The Morgan fingerprint density at radius 3 is 2.55 bits per heavy atom. The molecule has 1 aromatic carbocycles. The lowest BCUT2D eigenvalue weighted by Crippen LogP contribution is -2.19. The second-order valence-corrected chi connectivity index (χ2v) is 5.73. The molecule has 6 heteroatoms. The Morgan fingerprint density at radius 2 is 1.90 bits per heavy atom. The predicted molar refractivity (Wildman–Crippen MR) is 71.1 cm³/mol. The van der Waals surface area contributed by atoms with Gasteiger partial charge in [0.2, 0.25) is 5.56 Å². The van der Waals surface area contributed by atoms with E-state index in [0.29, 0.717) is 12.6 Å². The summed E-state index contributed by atoms with van der Waals surface area (Å²) >= 11 is 0.